The lowest BCUT2D eigenvalue weighted by molar-refractivity contribution is -0.158. The van der Waals surface area contributed by atoms with Crippen LogP contribution in [-0.2, 0) is 14.4 Å². The SMILES string of the molecule is CC1c2cccc(O)c2C(=O)C23C(=O)C4(O)C(O)=C(C(N)=O)C(=O)C2C4C(O)C13. The van der Waals surface area contributed by atoms with Crippen LogP contribution in [0.4, 0.5) is 0 Å². The molecule has 9 heteroatoms. The van der Waals surface area contributed by atoms with Crippen molar-refractivity contribution in [1.29, 1.82) is 0 Å². The summed E-state index contributed by atoms with van der Waals surface area (Å²) in [6, 6.07) is 4.36. The highest BCUT2D eigenvalue weighted by Crippen LogP contribution is 2.72. The van der Waals surface area contributed by atoms with E-state index < -0.39 is 81.1 Å². The number of Topliss-reactive ketones (excluding diaryl/α,β-unsaturated/α-hetero) is 3. The smallest absolute Gasteiger partial charge is 0.255 e. The maximum absolute atomic E-state index is 13.6. The number of aliphatic hydroxyl groups is 3. The fourth-order valence-electron chi connectivity index (χ4n) is 6.43. The molecule has 4 bridgehead atoms. The Morgan fingerprint density at radius 2 is 1.79 bits per heavy atom. The Balaban J connectivity index is 1.87. The summed E-state index contributed by atoms with van der Waals surface area (Å²) < 4.78 is 0. The number of carbonyl (C=O) groups excluding carboxylic acids is 4. The lowest BCUT2D eigenvalue weighted by Gasteiger charge is -2.46. The summed E-state index contributed by atoms with van der Waals surface area (Å²) in [4.78, 5) is 52.1. The number of carbonyl (C=O) groups is 4. The molecule has 0 aromatic heterocycles. The molecular weight excluding hydrogens is 382 g/mol. The van der Waals surface area contributed by atoms with Crippen LogP contribution < -0.4 is 5.73 Å². The number of benzene rings is 1. The molecule has 7 unspecified atom stereocenters. The van der Waals surface area contributed by atoms with Gasteiger partial charge in [-0.15, -0.1) is 0 Å². The molecule has 1 aromatic rings. The zero-order valence-corrected chi connectivity index (χ0v) is 15.1. The van der Waals surface area contributed by atoms with Gasteiger partial charge in [-0.25, -0.2) is 0 Å². The van der Waals surface area contributed by atoms with Crippen molar-refractivity contribution in [3.8, 4) is 5.75 Å². The molecule has 6 N–H and O–H groups in total. The Morgan fingerprint density at radius 3 is 2.41 bits per heavy atom. The van der Waals surface area contributed by atoms with E-state index in [1.54, 1.807) is 13.0 Å². The van der Waals surface area contributed by atoms with Crippen LogP contribution in [0.15, 0.2) is 29.5 Å². The van der Waals surface area contributed by atoms with Crippen molar-refractivity contribution in [2.75, 3.05) is 0 Å². The van der Waals surface area contributed by atoms with Gasteiger partial charge >= 0.3 is 0 Å². The van der Waals surface area contributed by atoms with Gasteiger partial charge < -0.3 is 26.2 Å². The first-order valence-electron chi connectivity index (χ1n) is 9.13. The second-order valence-electron chi connectivity index (χ2n) is 8.30. The van der Waals surface area contributed by atoms with Gasteiger partial charge in [-0.05, 0) is 17.5 Å². The van der Waals surface area contributed by atoms with Crippen molar-refractivity contribution in [3.05, 3.63) is 40.7 Å². The summed E-state index contributed by atoms with van der Waals surface area (Å²) in [6.45, 7) is 1.65. The molecule has 1 amide bonds. The summed E-state index contributed by atoms with van der Waals surface area (Å²) in [7, 11) is 0. The van der Waals surface area contributed by atoms with E-state index in [4.69, 9.17) is 5.73 Å². The minimum Gasteiger partial charge on any atom is -0.508 e. The van der Waals surface area contributed by atoms with Gasteiger partial charge in [0.25, 0.3) is 5.91 Å². The van der Waals surface area contributed by atoms with Gasteiger partial charge in [0, 0.05) is 11.8 Å². The van der Waals surface area contributed by atoms with Crippen LogP contribution in [0.25, 0.3) is 0 Å². The topological polar surface area (TPSA) is 175 Å². The minimum absolute atomic E-state index is 0.165. The zero-order chi connectivity index (χ0) is 21.2. The number of amides is 1. The molecular formula is C20H17NO8. The molecule has 1 spiro atoms. The molecule has 2 saturated carbocycles. The van der Waals surface area contributed by atoms with Crippen LogP contribution in [0.5, 0.6) is 5.75 Å². The Hall–Kier alpha value is -3.04. The maximum Gasteiger partial charge on any atom is 0.255 e. The van der Waals surface area contributed by atoms with Crippen LogP contribution in [0.1, 0.15) is 28.8 Å². The van der Waals surface area contributed by atoms with Crippen LogP contribution in [-0.4, -0.2) is 55.4 Å². The standard InChI is InChI=1S/C20H17NO8/c1-5-6-3-2-4-7(22)8(6)15(25)19-10(5)14(24)12-11(19)13(23)9(17(21)27)16(26)20(12,29)18(19)28/h2-5,10-12,14,22,24,26,29H,1H3,(H2,21,27). The second kappa shape index (κ2) is 4.92. The molecule has 4 aliphatic carbocycles. The van der Waals surface area contributed by atoms with E-state index in [0.717, 1.165) is 0 Å². The van der Waals surface area contributed by atoms with Crippen LogP contribution >= 0.6 is 0 Å². The molecule has 7 atom stereocenters. The number of fused-ring (bicyclic) bond motifs is 1. The highest BCUT2D eigenvalue weighted by Gasteiger charge is 2.87. The summed E-state index contributed by atoms with van der Waals surface area (Å²) >= 11 is 0. The van der Waals surface area contributed by atoms with Gasteiger partial charge in [-0.2, -0.15) is 0 Å². The Kier molecular flexibility index (Phi) is 3.06. The van der Waals surface area contributed by atoms with Crippen molar-refractivity contribution in [3.63, 3.8) is 0 Å². The van der Waals surface area contributed by atoms with Crippen LogP contribution in [0.3, 0.4) is 0 Å². The monoisotopic (exact) mass is 399 g/mol. The third-order valence-electron chi connectivity index (χ3n) is 7.40. The number of hydrogen-bond donors (Lipinski definition) is 5. The fraction of sp³-hybridized carbons (Fsp3) is 0.400. The molecule has 0 radical (unpaired) electrons. The Labute approximate surface area is 163 Å². The Bertz CT molecular complexity index is 1110. The van der Waals surface area contributed by atoms with E-state index in [2.05, 4.69) is 0 Å². The first-order chi connectivity index (χ1) is 13.5. The van der Waals surface area contributed by atoms with Crippen molar-refractivity contribution in [1.82, 2.24) is 0 Å². The van der Waals surface area contributed by atoms with E-state index in [1.165, 1.54) is 12.1 Å². The molecule has 2 fully saturated rings. The number of nitrogens with two attached hydrogens (primary N) is 1. The summed E-state index contributed by atoms with van der Waals surface area (Å²) in [5, 5.41) is 42.9. The predicted molar refractivity (Wildman–Crippen MR) is 93.6 cm³/mol. The number of phenolic OH excluding ortho intramolecular Hbond substituents is 1. The first-order valence-corrected chi connectivity index (χ1v) is 9.13. The van der Waals surface area contributed by atoms with Gasteiger partial charge in [0.15, 0.2) is 23.0 Å². The van der Waals surface area contributed by atoms with Gasteiger partial charge in [-0.3, -0.25) is 19.2 Å². The average molecular weight is 399 g/mol. The van der Waals surface area contributed by atoms with Crippen molar-refractivity contribution in [2.45, 2.75) is 24.5 Å². The molecule has 0 aliphatic heterocycles. The maximum atomic E-state index is 13.6. The van der Waals surface area contributed by atoms with E-state index >= 15 is 0 Å². The highest BCUT2D eigenvalue weighted by molar-refractivity contribution is 6.32. The highest BCUT2D eigenvalue weighted by atomic mass is 16.4. The first kappa shape index (κ1) is 18.0. The van der Waals surface area contributed by atoms with Gasteiger partial charge in [0.2, 0.25) is 0 Å². The van der Waals surface area contributed by atoms with E-state index in [9.17, 15) is 39.6 Å². The summed E-state index contributed by atoms with van der Waals surface area (Å²) in [6.07, 6.45) is -1.49. The lowest BCUT2D eigenvalue weighted by Crippen LogP contribution is -2.61. The molecule has 29 heavy (non-hydrogen) atoms. The van der Waals surface area contributed by atoms with E-state index in [-0.39, 0.29) is 5.56 Å². The molecule has 150 valence electrons. The van der Waals surface area contributed by atoms with Crippen LogP contribution in [0.2, 0.25) is 0 Å². The molecule has 0 saturated heterocycles. The predicted octanol–water partition coefficient (Wildman–Crippen LogP) is -0.905. The normalized spacial score (nSPS) is 42.2. The fourth-order valence-corrected chi connectivity index (χ4v) is 6.43. The molecule has 0 heterocycles. The number of aliphatic hydroxyl groups excluding tert-OH is 2. The van der Waals surface area contributed by atoms with Crippen LogP contribution in [0, 0.1) is 23.2 Å². The van der Waals surface area contributed by atoms with Gasteiger partial charge in [0.1, 0.15) is 22.5 Å². The van der Waals surface area contributed by atoms with Gasteiger partial charge in [0.05, 0.1) is 17.6 Å². The number of hydrogen-bond acceptors (Lipinski definition) is 8. The number of rotatable bonds is 1. The summed E-state index contributed by atoms with van der Waals surface area (Å²) in [5.74, 6) is -10.9. The molecule has 4 aliphatic rings. The molecule has 1 aromatic carbocycles. The molecule has 5 rings (SSSR count). The van der Waals surface area contributed by atoms with E-state index in [1.807, 2.05) is 0 Å². The molecule has 9 nitrogen and oxygen atoms in total. The number of phenols is 1. The average Bonchev–Trinajstić information content (AvgIpc) is 3.03. The lowest BCUT2D eigenvalue weighted by atomic mass is 9.55. The number of ketones is 3. The Morgan fingerprint density at radius 1 is 1.14 bits per heavy atom. The third-order valence-corrected chi connectivity index (χ3v) is 7.40. The summed E-state index contributed by atoms with van der Waals surface area (Å²) in [5.41, 5.74) is -0.498. The van der Waals surface area contributed by atoms with Crippen molar-refractivity contribution in [2.24, 2.45) is 28.9 Å². The van der Waals surface area contributed by atoms with Crippen molar-refractivity contribution < 1.29 is 39.6 Å². The number of aromatic hydroxyl groups is 1. The quantitative estimate of drug-likeness (QED) is 0.298. The van der Waals surface area contributed by atoms with Gasteiger partial charge in [-0.1, -0.05) is 19.1 Å². The minimum atomic E-state index is -2.78. The van der Waals surface area contributed by atoms with Crippen molar-refractivity contribution >= 4 is 23.3 Å². The largest absolute Gasteiger partial charge is 0.508 e. The van der Waals surface area contributed by atoms with E-state index in [0.29, 0.717) is 5.56 Å². The second-order valence-corrected chi connectivity index (χ2v) is 8.30. The zero-order valence-electron chi connectivity index (χ0n) is 15.1. The number of primary amides is 1. The third kappa shape index (κ3) is 1.52.